The minimum Gasteiger partial charge on any atom is -0.345 e. The molecule has 2 aromatic rings. The Kier molecular flexibility index (Phi) is 3.65. The molecule has 0 radical (unpaired) electrons. The normalized spacial score (nSPS) is 10.8. The molecule has 0 saturated heterocycles. The van der Waals surface area contributed by atoms with Crippen LogP contribution in [0, 0.1) is 0 Å². The van der Waals surface area contributed by atoms with Crippen LogP contribution >= 0.6 is 11.6 Å². The van der Waals surface area contributed by atoms with Crippen LogP contribution in [-0.2, 0) is 6.54 Å². The second kappa shape index (κ2) is 5.19. The summed E-state index contributed by atoms with van der Waals surface area (Å²) in [5.74, 6) is 0. The van der Waals surface area contributed by atoms with Crippen LogP contribution < -0.4 is 5.32 Å². The van der Waals surface area contributed by atoms with Crippen molar-refractivity contribution in [1.82, 2.24) is 9.88 Å². The Morgan fingerprint density at radius 3 is 3.06 bits per heavy atom. The van der Waals surface area contributed by atoms with Gasteiger partial charge in [0.05, 0.1) is 10.5 Å². The van der Waals surface area contributed by atoms with E-state index in [1.54, 1.807) is 0 Å². The number of fused-ring (bicyclic) bond motifs is 1. The molecule has 1 heterocycles. The summed E-state index contributed by atoms with van der Waals surface area (Å²) in [6.07, 6.45) is 3.94. The zero-order valence-electron chi connectivity index (χ0n) is 9.12. The number of halogens is 1. The second-order valence-electron chi connectivity index (χ2n) is 3.68. The zero-order valence-corrected chi connectivity index (χ0v) is 9.87. The Balaban J connectivity index is 2.15. The summed E-state index contributed by atoms with van der Waals surface area (Å²) >= 11 is 6.19. The van der Waals surface area contributed by atoms with Gasteiger partial charge in [-0.05, 0) is 12.1 Å². The smallest absolute Gasteiger partial charge is 0.0670 e. The minimum atomic E-state index is 0.811. The fraction of sp³-hybridized carbons (Fsp3) is 0.231. The van der Waals surface area contributed by atoms with Crippen LogP contribution in [0.15, 0.2) is 43.1 Å². The van der Waals surface area contributed by atoms with Gasteiger partial charge < -0.3 is 9.88 Å². The van der Waals surface area contributed by atoms with Crippen LogP contribution in [0.2, 0.25) is 5.02 Å². The highest BCUT2D eigenvalue weighted by Gasteiger charge is 2.03. The van der Waals surface area contributed by atoms with Crippen LogP contribution in [0.1, 0.15) is 0 Å². The number of rotatable bonds is 5. The molecule has 1 N–H and O–H groups in total. The first-order valence-corrected chi connectivity index (χ1v) is 5.75. The molecular formula is C13H15ClN2. The second-order valence-corrected chi connectivity index (χ2v) is 4.09. The fourth-order valence-corrected chi connectivity index (χ4v) is 2.09. The summed E-state index contributed by atoms with van der Waals surface area (Å²) in [6, 6.07) is 8.08. The highest BCUT2D eigenvalue weighted by atomic mass is 35.5. The predicted octanol–water partition coefficient (Wildman–Crippen LogP) is 3.07. The van der Waals surface area contributed by atoms with Gasteiger partial charge in [0, 0.05) is 31.2 Å². The molecule has 0 aliphatic rings. The maximum atomic E-state index is 6.19. The Morgan fingerprint density at radius 1 is 1.38 bits per heavy atom. The van der Waals surface area contributed by atoms with Gasteiger partial charge in [-0.2, -0.15) is 0 Å². The van der Waals surface area contributed by atoms with Crippen molar-refractivity contribution >= 4 is 22.5 Å². The van der Waals surface area contributed by atoms with Gasteiger partial charge >= 0.3 is 0 Å². The number of hydrogen-bond donors (Lipinski definition) is 1. The number of nitrogens with zero attached hydrogens (tertiary/aromatic N) is 1. The lowest BCUT2D eigenvalue weighted by Crippen LogP contribution is -2.19. The molecule has 2 nitrogen and oxygen atoms in total. The molecule has 0 spiro atoms. The van der Waals surface area contributed by atoms with Gasteiger partial charge in [0.25, 0.3) is 0 Å². The molecule has 0 aliphatic carbocycles. The predicted molar refractivity (Wildman–Crippen MR) is 70.0 cm³/mol. The summed E-state index contributed by atoms with van der Waals surface area (Å²) < 4.78 is 2.17. The summed E-state index contributed by atoms with van der Waals surface area (Å²) in [7, 11) is 0. The molecule has 0 fully saturated rings. The first kappa shape index (κ1) is 11.2. The van der Waals surface area contributed by atoms with Gasteiger partial charge in [0.1, 0.15) is 0 Å². The van der Waals surface area contributed by atoms with Crippen LogP contribution in [0.5, 0.6) is 0 Å². The van der Waals surface area contributed by atoms with Crippen molar-refractivity contribution in [3.05, 3.63) is 48.1 Å². The Hall–Kier alpha value is -1.25. The standard InChI is InChI=1S/C13H15ClN2/c1-2-7-15-8-10-16-9-6-11-4-3-5-12(14)13(11)16/h2-6,9,15H,1,7-8,10H2. The van der Waals surface area contributed by atoms with Crippen LogP contribution in [0.25, 0.3) is 10.9 Å². The number of hydrogen-bond acceptors (Lipinski definition) is 1. The first-order valence-electron chi connectivity index (χ1n) is 5.38. The summed E-state index contributed by atoms with van der Waals surface area (Å²) in [6.45, 7) is 6.34. The van der Waals surface area contributed by atoms with Crippen molar-refractivity contribution in [2.75, 3.05) is 13.1 Å². The van der Waals surface area contributed by atoms with E-state index in [1.165, 1.54) is 5.39 Å². The van der Waals surface area contributed by atoms with E-state index >= 15 is 0 Å². The molecule has 3 heteroatoms. The minimum absolute atomic E-state index is 0.811. The van der Waals surface area contributed by atoms with Gasteiger partial charge in [0.15, 0.2) is 0 Å². The van der Waals surface area contributed by atoms with E-state index in [-0.39, 0.29) is 0 Å². The van der Waals surface area contributed by atoms with E-state index in [9.17, 15) is 0 Å². The van der Waals surface area contributed by atoms with E-state index in [0.717, 1.165) is 30.2 Å². The molecule has 2 rings (SSSR count). The molecule has 1 aromatic carbocycles. The molecular weight excluding hydrogens is 220 g/mol. The molecule has 0 unspecified atom stereocenters. The monoisotopic (exact) mass is 234 g/mol. The number of benzene rings is 1. The number of nitrogens with one attached hydrogen (secondary N) is 1. The van der Waals surface area contributed by atoms with Crippen molar-refractivity contribution in [3.63, 3.8) is 0 Å². The lowest BCUT2D eigenvalue weighted by molar-refractivity contribution is 0.641. The van der Waals surface area contributed by atoms with Gasteiger partial charge in [0.2, 0.25) is 0 Å². The van der Waals surface area contributed by atoms with Crippen molar-refractivity contribution in [2.45, 2.75) is 6.54 Å². The van der Waals surface area contributed by atoms with E-state index < -0.39 is 0 Å². The third-order valence-electron chi connectivity index (χ3n) is 2.56. The van der Waals surface area contributed by atoms with Gasteiger partial charge in [-0.3, -0.25) is 0 Å². The van der Waals surface area contributed by atoms with Crippen molar-refractivity contribution in [3.8, 4) is 0 Å². The summed E-state index contributed by atoms with van der Waals surface area (Å²) in [4.78, 5) is 0. The SMILES string of the molecule is C=CCNCCn1ccc2cccc(Cl)c21. The number of aromatic nitrogens is 1. The van der Waals surface area contributed by atoms with Crippen LogP contribution in [-0.4, -0.2) is 17.7 Å². The maximum absolute atomic E-state index is 6.19. The molecule has 0 aliphatic heterocycles. The Morgan fingerprint density at radius 2 is 2.25 bits per heavy atom. The van der Waals surface area contributed by atoms with Gasteiger partial charge in [-0.1, -0.05) is 29.8 Å². The van der Waals surface area contributed by atoms with Crippen molar-refractivity contribution in [2.24, 2.45) is 0 Å². The first-order chi connectivity index (χ1) is 7.83. The summed E-state index contributed by atoms with van der Waals surface area (Å²) in [5.41, 5.74) is 1.12. The van der Waals surface area contributed by atoms with E-state index in [2.05, 4.69) is 34.8 Å². The van der Waals surface area contributed by atoms with E-state index in [0.29, 0.717) is 0 Å². The lowest BCUT2D eigenvalue weighted by Gasteiger charge is -2.06. The average Bonchev–Trinajstić information content (AvgIpc) is 2.69. The highest BCUT2D eigenvalue weighted by molar-refractivity contribution is 6.35. The largest absolute Gasteiger partial charge is 0.345 e. The average molecular weight is 235 g/mol. The molecule has 0 bridgehead atoms. The molecule has 1 aromatic heterocycles. The van der Waals surface area contributed by atoms with E-state index in [4.69, 9.17) is 11.6 Å². The molecule has 16 heavy (non-hydrogen) atoms. The van der Waals surface area contributed by atoms with Crippen molar-refractivity contribution in [1.29, 1.82) is 0 Å². The van der Waals surface area contributed by atoms with Crippen molar-refractivity contribution < 1.29 is 0 Å². The van der Waals surface area contributed by atoms with Crippen LogP contribution in [0.4, 0.5) is 0 Å². The highest BCUT2D eigenvalue weighted by Crippen LogP contribution is 2.23. The lowest BCUT2D eigenvalue weighted by atomic mass is 10.2. The third-order valence-corrected chi connectivity index (χ3v) is 2.86. The quantitative estimate of drug-likeness (QED) is 0.622. The van der Waals surface area contributed by atoms with Crippen LogP contribution in [0.3, 0.4) is 0 Å². The van der Waals surface area contributed by atoms with Gasteiger partial charge in [-0.15, -0.1) is 6.58 Å². The third kappa shape index (κ3) is 2.29. The van der Waals surface area contributed by atoms with Gasteiger partial charge in [-0.25, -0.2) is 0 Å². The molecule has 0 amide bonds. The zero-order chi connectivity index (χ0) is 11.4. The Bertz CT molecular complexity index is 488. The summed E-state index contributed by atoms with van der Waals surface area (Å²) in [5, 5.41) is 5.28. The number of para-hydroxylation sites is 1. The molecule has 0 saturated carbocycles. The molecule has 0 atom stereocenters. The molecule has 84 valence electrons. The Labute approximate surface area is 101 Å². The van der Waals surface area contributed by atoms with E-state index in [1.807, 2.05) is 18.2 Å². The fourth-order valence-electron chi connectivity index (χ4n) is 1.80. The maximum Gasteiger partial charge on any atom is 0.0670 e. The topological polar surface area (TPSA) is 17.0 Å².